The third-order valence-corrected chi connectivity index (χ3v) is 10.6. The second kappa shape index (κ2) is 19.6. The van der Waals surface area contributed by atoms with Crippen LogP contribution in [0.15, 0.2) is 115 Å². The SMILES string of the molecule is C[C@H](c1ccc2ccccc2c1)N(C)C[C@@H]1C[C@H](c2ccc(CO)cc2)O[C@H](c2cccc(-c3cccc(CNC(=O)CCCCCCC(=O)NO)c3)c2)O1. The van der Waals surface area contributed by atoms with Gasteiger partial charge in [-0.15, -0.1) is 0 Å². The molecular weight excluding hydrogens is 691 g/mol. The molecule has 9 nitrogen and oxygen atoms in total. The van der Waals surface area contributed by atoms with Crippen molar-refractivity contribution in [3.63, 3.8) is 0 Å². The van der Waals surface area contributed by atoms with Gasteiger partial charge >= 0.3 is 0 Å². The number of carbonyl (C=O) groups excluding carboxylic acids is 2. The zero-order chi connectivity index (χ0) is 38.6. The summed E-state index contributed by atoms with van der Waals surface area (Å²) in [6.45, 7) is 3.38. The van der Waals surface area contributed by atoms with Gasteiger partial charge < -0.3 is 19.9 Å². The number of unbranched alkanes of at least 4 members (excludes halogenated alkanes) is 3. The largest absolute Gasteiger partial charge is 0.392 e. The lowest BCUT2D eigenvalue weighted by Crippen LogP contribution is -2.38. The highest BCUT2D eigenvalue weighted by Crippen LogP contribution is 2.39. The van der Waals surface area contributed by atoms with Gasteiger partial charge in [0.15, 0.2) is 6.29 Å². The molecule has 0 bridgehead atoms. The lowest BCUT2D eigenvalue weighted by molar-refractivity contribution is -0.253. The first kappa shape index (κ1) is 39.8. The van der Waals surface area contributed by atoms with Gasteiger partial charge in [0.2, 0.25) is 11.8 Å². The number of ether oxygens (including phenoxy) is 2. The molecular formula is C46H53N3O6. The third-order valence-electron chi connectivity index (χ3n) is 10.6. The van der Waals surface area contributed by atoms with Crippen LogP contribution in [0.5, 0.6) is 0 Å². The predicted molar refractivity (Wildman–Crippen MR) is 215 cm³/mol. The van der Waals surface area contributed by atoms with Crippen LogP contribution in [-0.4, -0.2) is 46.7 Å². The van der Waals surface area contributed by atoms with Crippen LogP contribution in [0.2, 0.25) is 0 Å². The summed E-state index contributed by atoms with van der Waals surface area (Å²) in [5.41, 5.74) is 8.82. The molecule has 0 radical (unpaired) electrons. The van der Waals surface area contributed by atoms with Crippen molar-refractivity contribution in [3.8, 4) is 11.1 Å². The number of hydroxylamine groups is 1. The van der Waals surface area contributed by atoms with Crippen molar-refractivity contribution in [2.75, 3.05) is 13.6 Å². The van der Waals surface area contributed by atoms with E-state index in [4.69, 9.17) is 14.7 Å². The van der Waals surface area contributed by atoms with E-state index in [-0.39, 0.29) is 43.1 Å². The quantitative estimate of drug-likeness (QED) is 0.0427. The molecule has 9 heteroatoms. The van der Waals surface area contributed by atoms with Gasteiger partial charge in [-0.3, -0.25) is 19.7 Å². The molecule has 2 amide bonds. The van der Waals surface area contributed by atoms with Gasteiger partial charge in [0.05, 0.1) is 18.8 Å². The number of nitrogens with zero attached hydrogens (tertiary/aromatic N) is 1. The van der Waals surface area contributed by atoms with Crippen LogP contribution >= 0.6 is 0 Å². The van der Waals surface area contributed by atoms with Crippen LogP contribution in [0, 0.1) is 0 Å². The van der Waals surface area contributed by atoms with Crippen LogP contribution in [0.25, 0.3) is 21.9 Å². The summed E-state index contributed by atoms with van der Waals surface area (Å²) >= 11 is 0. The van der Waals surface area contributed by atoms with Gasteiger partial charge in [-0.2, -0.15) is 0 Å². The highest BCUT2D eigenvalue weighted by atomic mass is 16.7. The van der Waals surface area contributed by atoms with E-state index in [1.165, 1.54) is 16.3 Å². The van der Waals surface area contributed by atoms with E-state index in [0.717, 1.165) is 59.2 Å². The van der Waals surface area contributed by atoms with E-state index in [0.29, 0.717) is 25.8 Å². The molecule has 6 rings (SSSR count). The predicted octanol–water partition coefficient (Wildman–Crippen LogP) is 8.70. The molecule has 1 aliphatic rings. The molecule has 1 aliphatic heterocycles. The number of hydrogen-bond acceptors (Lipinski definition) is 7. The zero-order valence-electron chi connectivity index (χ0n) is 31.8. The fourth-order valence-electron chi connectivity index (χ4n) is 7.23. The fraction of sp³-hybridized carbons (Fsp3) is 0.348. The van der Waals surface area contributed by atoms with E-state index in [1.54, 1.807) is 5.48 Å². The average molecular weight is 744 g/mol. The second-order valence-electron chi connectivity index (χ2n) is 14.6. The molecule has 5 aromatic carbocycles. The van der Waals surface area contributed by atoms with E-state index < -0.39 is 6.29 Å². The Bertz CT molecular complexity index is 2020. The summed E-state index contributed by atoms with van der Waals surface area (Å²) in [6, 6.07) is 39.8. The molecule has 288 valence electrons. The number of likely N-dealkylation sites (N-methyl/N-ethyl adjacent to an activating group) is 1. The average Bonchev–Trinajstić information content (AvgIpc) is 3.23. The minimum absolute atomic E-state index is 0.000455. The molecule has 1 saturated heterocycles. The Balaban J connectivity index is 1.12. The molecule has 0 aliphatic carbocycles. The summed E-state index contributed by atoms with van der Waals surface area (Å²) < 4.78 is 13.5. The van der Waals surface area contributed by atoms with Crippen LogP contribution in [0.4, 0.5) is 0 Å². The summed E-state index contributed by atoms with van der Waals surface area (Å²) in [5, 5.41) is 23.7. The minimum atomic E-state index is -0.583. The third kappa shape index (κ3) is 11.1. The van der Waals surface area contributed by atoms with Crippen molar-refractivity contribution in [1.82, 2.24) is 15.7 Å². The van der Waals surface area contributed by atoms with Crippen LogP contribution in [0.3, 0.4) is 0 Å². The molecule has 0 saturated carbocycles. The van der Waals surface area contributed by atoms with E-state index in [1.807, 2.05) is 42.5 Å². The molecule has 1 heterocycles. The number of hydrogen-bond donors (Lipinski definition) is 4. The Hall–Kier alpha value is -4.90. The van der Waals surface area contributed by atoms with Crippen LogP contribution < -0.4 is 10.8 Å². The molecule has 0 spiro atoms. The van der Waals surface area contributed by atoms with Crippen LogP contribution in [0.1, 0.15) is 98.1 Å². The van der Waals surface area contributed by atoms with E-state index >= 15 is 0 Å². The maximum atomic E-state index is 12.5. The molecule has 1 fully saturated rings. The lowest BCUT2D eigenvalue weighted by Gasteiger charge is -2.39. The number of benzene rings is 5. The number of aliphatic hydroxyl groups excluding tert-OH is 1. The van der Waals surface area contributed by atoms with Crippen molar-refractivity contribution in [2.45, 2.75) is 89.6 Å². The number of nitrogens with one attached hydrogen (secondary N) is 2. The monoisotopic (exact) mass is 743 g/mol. The number of carbonyl (C=O) groups is 2. The summed E-state index contributed by atoms with van der Waals surface area (Å²) in [7, 11) is 2.15. The first-order valence-corrected chi connectivity index (χ1v) is 19.4. The molecule has 0 unspecified atom stereocenters. The van der Waals surface area contributed by atoms with Gasteiger partial charge in [0, 0.05) is 44.0 Å². The second-order valence-corrected chi connectivity index (χ2v) is 14.6. The Morgan fingerprint density at radius 3 is 2.20 bits per heavy atom. The van der Waals surface area contributed by atoms with Crippen molar-refractivity contribution >= 4 is 22.6 Å². The highest BCUT2D eigenvalue weighted by molar-refractivity contribution is 5.83. The van der Waals surface area contributed by atoms with Gasteiger partial charge in [0.1, 0.15) is 0 Å². The maximum absolute atomic E-state index is 12.5. The highest BCUT2D eigenvalue weighted by Gasteiger charge is 2.33. The standard InChI is InChI=1S/C46H53N3O6/c1-32(37-24-23-35-12-7-8-13-39(35)26-37)49(2)30-42-28-43(36-21-19-33(31-50)20-22-36)55-46(54-42)41-16-10-15-40(27-41)38-14-9-11-34(25-38)29-47-44(51)17-5-3-4-6-18-45(52)48-53/h7-16,19-27,32,42-43,46,50,53H,3-6,17-18,28-31H2,1-2H3,(H,47,51)(H,48,52)/t32-,42+,43-,46-/m1/s1. The summed E-state index contributed by atoms with van der Waals surface area (Å²) in [5.74, 6) is -0.382. The Morgan fingerprint density at radius 2 is 1.45 bits per heavy atom. The van der Waals surface area contributed by atoms with Crippen molar-refractivity contribution in [2.24, 2.45) is 0 Å². The molecule has 0 aromatic heterocycles. The van der Waals surface area contributed by atoms with Gasteiger partial charge in [-0.05, 0) is 89.2 Å². The minimum Gasteiger partial charge on any atom is -0.392 e. The first-order valence-electron chi connectivity index (χ1n) is 19.4. The summed E-state index contributed by atoms with van der Waals surface area (Å²) in [6.07, 6.45) is 3.66. The molecule has 4 N–H and O–H groups in total. The van der Waals surface area contributed by atoms with E-state index in [2.05, 4.69) is 97.0 Å². The molecule has 5 aromatic rings. The van der Waals surface area contributed by atoms with Crippen molar-refractivity contribution in [3.05, 3.63) is 143 Å². The fourth-order valence-corrected chi connectivity index (χ4v) is 7.23. The number of aliphatic hydroxyl groups is 1. The van der Waals surface area contributed by atoms with E-state index in [9.17, 15) is 14.7 Å². The van der Waals surface area contributed by atoms with Gasteiger partial charge in [-0.1, -0.05) is 110 Å². The Labute approximate surface area is 324 Å². The van der Waals surface area contributed by atoms with Crippen molar-refractivity contribution < 1.29 is 29.4 Å². The molecule has 4 atom stereocenters. The maximum Gasteiger partial charge on any atom is 0.243 e. The summed E-state index contributed by atoms with van der Waals surface area (Å²) in [4.78, 5) is 26.0. The van der Waals surface area contributed by atoms with Gasteiger partial charge in [0.25, 0.3) is 0 Å². The number of fused-ring (bicyclic) bond motifs is 1. The molecule has 55 heavy (non-hydrogen) atoms. The number of rotatable bonds is 17. The van der Waals surface area contributed by atoms with Crippen molar-refractivity contribution in [1.29, 1.82) is 0 Å². The lowest BCUT2D eigenvalue weighted by atomic mass is 9.97. The number of amides is 2. The normalized spacial score (nSPS) is 17.6. The van der Waals surface area contributed by atoms with Crippen LogP contribution in [-0.2, 0) is 32.2 Å². The Morgan fingerprint density at radius 1 is 0.745 bits per heavy atom. The zero-order valence-corrected chi connectivity index (χ0v) is 31.8. The first-order chi connectivity index (χ1) is 26.8. The topological polar surface area (TPSA) is 120 Å². The Kier molecular flexibility index (Phi) is 14.2. The smallest absolute Gasteiger partial charge is 0.243 e. The van der Waals surface area contributed by atoms with Gasteiger partial charge in [-0.25, -0.2) is 5.48 Å².